The first-order valence-corrected chi connectivity index (χ1v) is 13.7. The number of amides is 1. The maximum atomic E-state index is 13.2. The number of aliphatic imine (C=N–C) groups is 1. The molecular formula is C32H34N6O3. The first kappa shape index (κ1) is 27.6. The lowest BCUT2D eigenvalue weighted by Gasteiger charge is -2.17. The average molecular weight is 551 g/mol. The van der Waals surface area contributed by atoms with Crippen LogP contribution in [0.3, 0.4) is 0 Å². The van der Waals surface area contributed by atoms with E-state index in [4.69, 9.17) is 11.1 Å². The fraction of sp³-hybridized carbons (Fsp3) is 0.250. The van der Waals surface area contributed by atoms with Crippen molar-refractivity contribution >= 4 is 34.5 Å². The minimum atomic E-state index is -1.02. The van der Waals surface area contributed by atoms with E-state index in [-0.39, 0.29) is 17.3 Å². The molecule has 1 aliphatic heterocycles. The fourth-order valence-electron chi connectivity index (χ4n) is 5.30. The highest BCUT2D eigenvalue weighted by molar-refractivity contribution is 6.02. The van der Waals surface area contributed by atoms with Crippen molar-refractivity contribution in [2.75, 3.05) is 19.6 Å². The zero-order chi connectivity index (χ0) is 29.1. The molecule has 0 aliphatic carbocycles. The van der Waals surface area contributed by atoms with E-state index in [1.807, 2.05) is 43.3 Å². The first-order chi connectivity index (χ1) is 19.7. The highest BCUT2D eigenvalue weighted by Crippen LogP contribution is 2.33. The molecule has 1 amide bonds. The molecule has 0 radical (unpaired) electrons. The van der Waals surface area contributed by atoms with Gasteiger partial charge < -0.3 is 26.0 Å². The molecule has 6 N–H and O–H groups in total. The molecule has 9 heteroatoms. The van der Waals surface area contributed by atoms with Gasteiger partial charge in [-0.25, -0.2) is 4.79 Å². The topological polar surface area (TPSA) is 146 Å². The Bertz CT molecular complexity index is 1700. The van der Waals surface area contributed by atoms with Gasteiger partial charge in [0.2, 0.25) is 0 Å². The molecule has 0 saturated heterocycles. The number of carboxylic acid groups (broad SMARTS) is 1. The van der Waals surface area contributed by atoms with Crippen LogP contribution < -0.4 is 16.4 Å². The molecule has 1 aliphatic rings. The van der Waals surface area contributed by atoms with Gasteiger partial charge in [0.25, 0.3) is 5.91 Å². The van der Waals surface area contributed by atoms with Crippen molar-refractivity contribution in [2.45, 2.75) is 33.2 Å². The van der Waals surface area contributed by atoms with E-state index in [1.54, 1.807) is 18.2 Å². The second-order valence-corrected chi connectivity index (χ2v) is 10.3. The minimum absolute atomic E-state index is 0.0142. The van der Waals surface area contributed by atoms with E-state index in [9.17, 15) is 14.7 Å². The number of aromatic carboxylic acids is 1. The van der Waals surface area contributed by atoms with Crippen LogP contribution in [0, 0.1) is 12.3 Å². The molecule has 9 nitrogen and oxygen atoms in total. The average Bonchev–Trinajstić information content (AvgIpc) is 3.33. The van der Waals surface area contributed by atoms with Crippen molar-refractivity contribution in [1.82, 2.24) is 15.2 Å². The van der Waals surface area contributed by atoms with E-state index in [0.717, 1.165) is 59.5 Å². The molecular weight excluding hydrogens is 516 g/mol. The predicted molar refractivity (Wildman–Crippen MR) is 162 cm³/mol. The summed E-state index contributed by atoms with van der Waals surface area (Å²) in [5, 5.41) is 25.1. The summed E-state index contributed by atoms with van der Waals surface area (Å²) in [6, 6.07) is 16.6. The number of nitrogen functional groups attached to an aromatic ring is 1. The van der Waals surface area contributed by atoms with Crippen molar-refractivity contribution in [3.63, 3.8) is 0 Å². The second kappa shape index (κ2) is 11.7. The SMILES string of the molecule is CCn1cc(Cc2ccc(C(=O)NCC3=NCCCN3)cc2-c2ccc(C)cc2C(=O)O)c2ccc(C(=N)N)cc21. The van der Waals surface area contributed by atoms with Gasteiger partial charge in [-0.05, 0) is 66.8 Å². The quantitative estimate of drug-likeness (QED) is 0.156. The second-order valence-electron chi connectivity index (χ2n) is 10.3. The summed E-state index contributed by atoms with van der Waals surface area (Å²) in [4.78, 5) is 29.9. The molecule has 3 aromatic carbocycles. The minimum Gasteiger partial charge on any atom is -0.478 e. The molecule has 0 fully saturated rings. The van der Waals surface area contributed by atoms with Crippen LogP contribution in [-0.4, -0.2) is 52.9 Å². The first-order valence-electron chi connectivity index (χ1n) is 13.7. The van der Waals surface area contributed by atoms with Gasteiger partial charge in [-0.15, -0.1) is 0 Å². The van der Waals surface area contributed by atoms with Crippen LogP contribution in [0.5, 0.6) is 0 Å². The van der Waals surface area contributed by atoms with E-state index in [0.29, 0.717) is 35.2 Å². The number of carbonyl (C=O) groups excluding carboxylic acids is 1. The third-order valence-corrected chi connectivity index (χ3v) is 7.45. The molecule has 0 unspecified atom stereocenters. The number of nitrogens with two attached hydrogens (primary N) is 1. The van der Waals surface area contributed by atoms with Crippen LogP contribution in [0.25, 0.3) is 22.0 Å². The Hall–Kier alpha value is -4.92. The van der Waals surface area contributed by atoms with Crippen LogP contribution in [0.4, 0.5) is 0 Å². The number of aryl methyl sites for hydroxylation is 2. The highest BCUT2D eigenvalue weighted by atomic mass is 16.4. The Kier molecular flexibility index (Phi) is 7.87. The number of nitrogens with zero attached hydrogens (tertiary/aromatic N) is 2. The van der Waals surface area contributed by atoms with Crippen LogP contribution >= 0.6 is 0 Å². The van der Waals surface area contributed by atoms with Crippen molar-refractivity contribution in [2.24, 2.45) is 10.7 Å². The maximum absolute atomic E-state index is 13.2. The summed E-state index contributed by atoms with van der Waals surface area (Å²) < 4.78 is 2.12. The van der Waals surface area contributed by atoms with Gasteiger partial charge in [-0.3, -0.25) is 15.2 Å². The summed E-state index contributed by atoms with van der Waals surface area (Å²) in [5.41, 5.74) is 12.1. The lowest BCUT2D eigenvalue weighted by molar-refractivity contribution is 0.0697. The number of carbonyl (C=O) groups is 2. The van der Waals surface area contributed by atoms with E-state index >= 15 is 0 Å². The third kappa shape index (κ3) is 5.84. The number of amidine groups is 2. The summed E-state index contributed by atoms with van der Waals surface area (Å²) in [5.74, 6) is -0.504. The normalized spacial score (nSPS) is 13.0. The molecule has 210 valence electrons. The van der Waals surface area contributed by atoms with Crippen molar-refractivity contribution in [1.29, 1.82) is 5.41 Å². The summed E-state index contributed by atoms with van der Waals surface area (Å²) in [6.07, 6.45) is 3.58. The molecule has 0 atom stereocenters. The maximum Gasteiger partial charge on any atom is 0.336 e. The molecule has 4 aromatic rings. The highest BCUT2D eigenvalue weighted by Gasteiger charge is 2.19. The van der Waals surface area contributed by atoms with Crippen molar-refractivity contribution < 1.29 is 14.7 Å². The van der Waals surface area contributed by atoms with E-state index in [1.165, 1.54) is 0 Å². The summed E-state index contributed by atoms with van der Waals surface area (Å²) in [6.45, 7) is 6.54. The molecule has 1 aromatic heterocycles. The van der Waals surface area contributed by atoms with Gasteiger partial charge in [-0.1, -0.05) is 35.9 Å². The van der Waals surface area contributed by atoms with Crippen LogP contribution in [-0.2, 0) is 13.0 Å². The Morgan fingerprint density at radius 3 is 2.59 bits per heavy atom. The molecule has 0 bridgehead atoms. The van der Waals surface area contributed by atoms with Crippen LogP contribution in [0.2, 0.25) is 0 Å². The largest absolute Gasteiger partial charge is 0.478 e. The van der Waals surface area contributed by atoms with Gasteiger partial charge in [-0.2, -0.15) is 0 Å². The Morgan fingerprint density at radius 1 is 1.07 bits per heavy atom. The predicted octanol–water partition coefficient (Wildman–Crippen LogP) is 4.33. The number of aromatic nitrogens is 1. The summed E-state index contributed by atoms with van der Waals surface area (Å²) >= 11 is 0. The van der Waals surface area contributed by atoms with E-state index < -0.39 is 5.97 Å². The number of hydrogen-bond acceptors (Lipinski definition) is 5. The summed E-state index contributed by atoms with van der Waals surface area (Å²) in [7, 11) is 0. The van der Waals surface area contributed by atoms with Crippen molar-refractivity contribution in [3.05, 3.63) is 94.2 Å². The number of carboxylic acids is 1. The van der Waals surface area contributed by atoms with E-state index in [2.05, 4.69) is 33.3 Å². The Labute approximate surface area is 238 Å². The Morgan fingerprint density at radius 2 is 1.88 bits per heavy atom. The van der Waals surface area contributed by atoms with Gasteiger partial charge in [0.1, 0.15) is 11.7 Å². The van der Waals surface area contributed by atoms with Gasteiger partial charge in [0, 0.05) is 54.3 Å². The molecule has 0 spiro atoms. The van der Waals surface area contributed by atoms with Crippen LogP contribution in [0.15, 0.2) is 65.8 Å². The monoisotopic (exact) mass is 550 g/mol. The van der Waals surface area contributed by atoms with Gasteiger partial charge >= 0.3 is 5.97 Å². The van der Waals surface area contributed by atoms with Crippen LogP contribution in [0.1, 0.15) is 56.3 Å². The molecule has 5 rings (SSSR count). The smallest absolute Gasteiger partial charge is 0.336 e. The van der Waals surface area contributed by atoms with Crippen molar-refractivity contribution in [3.8, 4) is 11.1 Å². The number of fused-ring (bicyclic) bond motifs is 1. The fourth-order valence-corrected chi connectivity index (χ4v) is 5.30. The number of benzene rings is 3. The van der Waals surface area contributed by atoms with Gasteiger partial charge in [0.05, 0.1) is 12.1 Å². The molecule has 0 saturated carbocycles. The molecule has 2 heterocycles. The number of rotatable bonds is 9. The zero-order valence-electron chi connectivity index (χ0n) is 23.3. The number of nitrogens with one attached hydrogen (secondary N) is 3. The lowest BCUT2D eigenvalue weighted by atomic mass is 9.89. The zero-order valence-corrected chi connectivity index (χ0v) is 23.3. The third-order valence-electron chi connectivity index (χ3n) is 7.45. The Balaban J connectivity index is 1.57. The standard InChI is InChI=1S/C32H34N6O3/c1-3-38-18-23(24-10-8-21(30(33)34)16-28(24)38)14-20-6-7-22(31(39)37-17-29-35-11-4-12-36-29)15-26(20)25-9-5-19(2)13-27(25)32(40)41/h5-10,13,15-16,18H,3-4,11-12,14,17H2,1-2H3,(H3,33,34)(H,35,36)(H,37,39)(H,40,41). The lowest BCUT2D eigenvalue weighted by Crippen LogP contribution is -2.39. The van der Waals surface area contributed by atoms with Gasteiger partial charge in [0.15, 0.2) is 0 Å². The number of hydrogen-bond donors (Lipinski definition) is 5. The molecule has 41 heavy (non-hydrogen) atoms.